The van der Waals surface area contributed by atoms with Crippen LogP contribution in [0.5, 0.6) is 0 Å². The molecule has 0 fully saturated rings. The summed E-state index contributed by atoms with van der Waals surface area (Å²) in [5, 5.41) is 16.8. The van der Waals surface area contributed by atoms with Gasteiger partial charge < -0.3 is 5.32 Å². The fraction of sp³-hybridized carbons (Fsp3) is 0.167. The average molecular weight is 261 g/mol. The maximum absolute atomic E-state index is 4.25. The number of anilines is 1. The van der Waals surface area contributed by atoms with Crippen LogP contribution in [-0.2, 0) is 0 Å². The number of aromatic nitrogens is 2. The Labute approximate surface area is 107 Å². The Bertz CT molecular complexity index is 642. The quantitative estimate of drug-likeness (QED) is 0.778. The molecular formula is C12H11N3S2. The molecule has 5 heteroatoms. The van der Waals surface area contributed by atoms with Crippen LogP contribution < -0.4 is 5.32 Å². The van der Waals surface area contributed by atoms with Crippen LogP contribution in [0.2, 0.25) is 0 Å². The van der Waals surface area contributed by atoms with Crippen molar-refractivity contribution < 1.29 is 0 Å². The minimum atomic E-state index is 0.873. The van der Waals surface area contributed by atoms with Gasteiger partial charge in [0.15, 0.2) is 5.01 Å². The van der Waals surface area contributed by atoms with Gasteiger partial charge in [0, 0.05) is 16.8 Å². The second-order valence-corrected chi connectivity index (χ2v) is 5.48. The van der Waals surface area contributed by atoms with Gasteiger partial charge in [-0.25, -0.2) is 0 Å². The molecular weight excluding hydrogens is 250 g/mol. The van der Waals surface area contributed by atoms with E-state index in [-0.39, 0.29) is 0 Å². The number of thiophene rings is 1. The van der Waals surface area contributed by atoms with Crippen LogP contribution in [0.1, 0.15) is 6.92 Å². The van der Waals surface area contributed by atoms with Gasteiger partial charge >= 0.3 is 0 Å². The summed E-state index contributed by atoms with van der Waals surface area (Å²) in [6, 6.07) is 8.44. The lowest BCUT2D eigenvalue weighted by atomic mass is 10.2. The molecule has 0 saturated carbocycles. The molecule has 17 heavy (non-hydrogen) atoms. The predicted octanol–water partition coefficient (Wildman–Crippen LogP) is 3.85. The van der Waals surface area contributed by atoms with Gasteiger partial charge in [0.25, 0.3) is 0 Å². The fourth-order valence-corrected chi connectivity index (χ4v) is 3.54. The van der Waals surface area contributed by atoms with Crippen molar-refractivity contribution in [3.8, 4) is 10.6 Å². The number of nitrogens with zero attached hydrogens (tertiary/aromatic N) is 2. The third-order valence-electron chi connectivity index (χ3n) is 2.46. The van der Waals surface area contributed by atoms with Crippen LogP contribution in [0.3, 0.4) is 0 Å². The molecule has 0 atom stereocenters. The SMILES string of the molecule is CCNc1nnc(-c2cccc3ccsc23)s1. The van der Waals surface area contributed by atoms with Crippen LogP contribution in [0.4, 0.5) is 5.13 Å². The molecule has 2 heterocycles. The van der Waals surface area contributed by atoms with Crippen molar-refractivity contribution >= 4 is 37.9 Å². The first-order valence-corrected chi connectivity index (χ1v) is 7.12. The molecule has 2 aromatic heterocycles. The van der Waals surface area contributed by atoms with E-state index in [0.29, 0.717) is 0 Å². The molecule has 0 aliphatic rings. The number of fused-ring (bicyclic) bond motifs is 1. The zero-order valence-corrected chi connectivity index (χ0v) is 10.9. The molecule has 0 saturated heterocycles. The van der Waals surface area contributed by atoms with Gasteiger partial charge in [0.1, 0.15) is 0 Å². The number of hydrogen-bond acceptors (Lipinski definition) is 5. The van der Waals surface area contributed by atoms with Crippen LogP contribution in [0.15, 0.2) is 29.6 Å². The molecule has 3 nitrogen and oxygen atoms in total. The van der Waals surface area contributed by atoms with E-state index in [1.165, 1.54) is 15.6 Å². The molecule has 0 spiro atoms. The third kappa shape index (κ3) is 1.92. The van der Waals surface area contributed by atoms with Gasteiger partial charge in [-0.3, -0.25) is 0 Å². The smallest absolute Gasteiger partial charge is 0.205 e. The molecule has 0 unspecified atom stereocenters. The van der Waals surface area contributed by atoms with Gasteiger partial charge in [-0.05, 0) is 23.8 Å². The van der Waals surface area contributed by atoms with E-state index in [2.05, 4.69) is 52.1 Å². The van der Waals surface area contributed by atoms with Crippen LogP contribution >= 0.6 is 22.7 Å². The first-order valence-electron chi connectivity index (χ1n) is 5.42. The highest BCUT2D eigenvalue weighted by Crippen LogP contribution is 2.34. The van der Waals surface area contributed by atoms with Crippen molar-refractivity contribution in [1.82, 2.24) is 10.2 Å². The Morgan fingerprint density at radius 2 is 2.18 bits per heavy atom. The zero-order chi connectivity index (χ0) is 11.7. The van der Waals surface area contributed by atoms with E-state index >= 15 is 0 Å². The number of rotatable bonds is 3. The summed E-state index contributed by atoms with van der Waals surface area (Å²) in [6.07, 6.45) is 0. The second-order valence-electron chi connectivity index (χ2n) is 3.59. The van der Waals surface area contributed by atoms with Crippen LogP contribution in [0, 0.1) is 0 Å². The molecule has 0 aliphatic heterocycles. The summed E-state index contributed by atoms with van der Waals surface area (Å²) in [7, 11) is 0. The van der Waals surface area contributed by atoms with E-state index < -0.39 is 0 Å². The Morgan fingerprint density at radius 1 is 1.24 bits per heavy atom. The highest BCUT2D eigenvalue weighted by molar-refractivity contribution is 7.20. The predicted molar refractivity (Wildman–Crippen MR) is 74.9 cm³/mol. The second kappa shape index (κ2) is 4.43. The summed E-state index contributed by atoms with van der Waals surface area (Å²) in [4.78, 5) is 0. The van der Waals surface area contributed by atoms with Gasteiger partial charge in [-0.1, -0.05) is 29.5 Å². The van der Waals surface area contributed by atoms with Crippen molar-refractivity contribution in [2.45, 2.75) is 6.92 Å². The molecule has 1 N–H and O–H groups in total. The van der Waals surface area contributed by atoms with Gasteiger partial charge in [-0.15, -0.1) is 21.5 Å². The first kappa shape index (κ1) is 10.7. The third-order valence-corrected chi connectivity index (χ3v) is 4.34. The summed E-state index contributed by atoms with van der Waals surface area (Å²) >= 11 is 3.35. The van der Waals surface area contributed by atoms with Crippen molar-refractivity contribution in [2.24, 2.45) is 0 Å². The van der Waals surface area contributed by atoms with Crippen molar-refractivity contribution in [2.75, 3.05) is 11.9 Å². The van der Waals surface area contributed by atoms with Crippen molar-refractivity contribution in [1.29, 1.82) is 0 Å². The summed E-state index contributed by atoms with van der Waals surface area (Å²) in [5.74, 6) is 0. The number of hydrogen-bond donors (Lipinski definition) is 1. The summed E-state index contributed by atoms with van der Waals surface area (Å²) in [6.45, 7) is 2.93. The normalized spacial score (nSPS) is 10.9. The maximum Gasteiger partial charge on any atom is 0.205 e. The first-order chi connectivity index (χ1) is 8.38. The van der Waals surface area contributed by atoms with E-state index in [4.69, 9.17) is 0 Å². The van der Waals surface area contributed by atoms with E-state index in [1.54, 1.807) is 22.7 Å². The lowest BCUT2D eigenvalue weighted by Gasteiger charge is -1.97. The molecule has 1 aromatic carbocycles. The highest BCUT2D eigenvalue weighted by Gasteiger charge is 2.10. The van der Waals surface area contributed by atoms with E-state index in [9.17, 15) is 0 Å². The van der Waals surface area contributed by atoms with Crippen molar-refractivity contribution in [3.05, 3.63) is 29.6 Å². The molecule has 3 rings (SSSR count). The molecule has 0 radical (unpaired) electrons. The standard InChI is InChI=1S/C12H11N3S2/c1-2-13-12-15-14-11(17-12)9-5-3-4-8-6-7-16-10(8)9/h3-7H,2H2,1H3,(H,13,15). The topological polar surface area (TPSA) is 37.8 Å². The zero-order valence-electron chi connectivity index (χ0n) is 9.30. The van der Waals surface area contributed by atoms with Crippen LogP contribution in [0.25, 0.3) is 20.7 Å². The minimum Gasteiger partial charge on any atom is -0.360 e. The van der Waals surface area contributed by atoms with Crippen LogP contribution in [-0.4, -0.2) is 16.7 Å². The van der Waals surface area contributed by atoms with E-state index in [0.717, 1.165) is 16.7 Å². The number of nitrogens with one attached hydrogen (secondary N) is 1. The Morgan fingerprint density at radius 3 is 3.06 bits per heavy atom. The van der Waals surface area contributed by atoms with Gasteiger partial charge in [-0.2, -0.15) is 0 Å². The molecule has 3 aromatic rings. The molecule has 0 amide bonds. The van der Waals surface area contributed by atoms with E-state index in [1.807, 2.05) is 0 Å². The van der Waals surface area contributed by atoms with Crippen molar-refractivity contribution in [3.63, 3.8) is 0 Å². The number of benzene rings is 1. The monoisotopic (exact) mass is 261 g/mol. The molecule has 0 bridgehead atoms. The van der Waals surface area contributed by atoms with Gasteiger partial charge in [0.05, 0.1) is 0 Å². The van der Waals surface area contributed by atoms with Gasteiger partial charge in [0.2, 0.25) is 5.13 Å². The minimum absolute atomic E-state index is 0.873. The largest absolute Gasteiger partial charge is 0.360 e. The Kier molecular flexibility index (Phi) is 2.78. The fourth-order valence-electron chi connectivity index (χ4n) is 1.72. The highest BCUT2D eigenvalue weighted by atomic mass is 32.1. The molecule has 0 aliphatic carbocycles. The lowest BCUT2D eigenvalue weighted by molar-refractivity contribution is 1.07. The lowest BCUT2D eigenvalue weighted by Crippen LogP contribution is -1.94. The summed E-state index contributed by atoms with van der Waals surface area (Å²) < 4.78 is 1.28. The Balaban J connectivity index is 2.10. The molecule has 86 valence electrons. The summed E-state index contributed by atoms with van der Waals surface area (Å²) in [5.41, 5.74) is 1.18. The Hall–Kier alpha value is -1.46. The maximum atomic E-state index is 4.25. The average Bonchev–Trinajstić information content (AvgIpc) is 2.96.